The number of nitrogens with one attached hydrogen (secondary N) is 2. The molecule has 1 unspecified atom stereocenters. The standard InChI is InChI=1S/C19H17FN4O2/c20-14-9-12(5-6-13(14)18-11-21-7-8-26-18)23-19(25)17-10-22-15-3-1-2-4-16(15)24-17/h1-6,9-10,18,21H,7-8,11H2,(H,23,25). The molecular formula is C19H17FN4O2. The van der Waals surface area contributed by atoms with Gasteiger partial charge in [0.1, 0.15) is 11.5 Å². The first kappa shape index (κ1) is 16.6. The molecule has 1 aliphatic heterocycles. The lowest BCUT2D eigenvalue weighted by atomic mass is 10.1. The van der Waals surface area contributed by atoms with Crippen molar-refractivity contribution >= 4 is 22.6 Å². The molecule has 4 rings (SSSR count). The number of rotatable bonds is 3. The minimum atomic E-state index is -0.439. The summed E-state index contributed by atoms with van der Waals surface area (Å²) in [5.41, 5.74) is 2.34. The fraction of sp³-hybridized carbons (Fsp3) is 0.211. The minimum Gasteiger partial charge on any atom is -0.371 e. The van der Waals surface area contributed by atoms with Crippen molar-refractivity contribution in [3.8, 4) is 0 Å². The van der Waals surface area contributed by atoms with Crippen LogP contribution in [0.1, 0.15) is 22.2 Å². The highest BCUT2D eigenvalue weighted by Gasteiger charge is 2.20. The van der Waals surface area contributed by atoms with Gasteiger partial charge in [-0.25, -0.2) is 9.37 Å². The van der Waals surface area contributed by atoms with Gasteiger partial charge in [-0.05, 0) is 24.3 Å². The van der Waals surface area contributed by atoms with Gasteiger partial charge in [0.2, 0.25) is 0 Å². The Kier molecular flexibility index (Phi) is 4.55. The molecule has 1 atom stereocenters. The van der Waals surface area contributed by atoms with E-state index in [2.05, 4.69) is 20.6 Å². The lowest BCUT2D eigenvalue weighted by molar-refractivity contribution is 0.0255. The summed E-state index contributed by atoms with van der Waals surface area (Å²) >= 11 is 0. The average Bonchev–Trinajstić information content (AvgIpc) is 2.68. The smallest absolute Gasteiger partial charge is 0.275 e. The number of aromatic nitrogens is 2. The van der Waals surface area contributed by atoms with Gasteiger partial charge in [0.05, 0.1) is 29.9 Å². The molecule has 2 aromatic carbocycles. The summed E-state index contributed by atoms with van der Waals surface area (Å²) in [5, 5.41) is 5.82. The minimum absolute atomic E-state index is 0.174. The second-order valence-electron chi connectivity index (χ2n) is 6.00. The Morgan fingerprint density at radius 3 is 2.85 bits per heavy atom. The number of benzene rings is 2. The summed E-state index contributed by atoms with van der Waals surface area (Å²) in [6, 6.07) is 11.9. The molecule has 26 heavy (non-hydrogen) atoms. The van der Waals surface area contributed by atoms with Gasteiger partial charge in [-0.2, -0.15) is 0 Å². The van der Waals surface area contributed by atoms with Crippen molar-refractivity contribution in [3.05, 3.63) is 65.7 Å². The second kappa shape index (κ2) is 7.15. The predicted octanol–water partition coefficient (Wildman–Crippen LogP) is 2.68. The molecule has 0 saturated carbocycles. The predicted molar refractivity (Wildman–Crippen MR) is 95.5 cm³/mol. The van der Waals surface area contributed by atoms with Crippen molar-refractivity contribution in [2.45, 2.75) is 6.10 Å². The van der Waals surface area contributed by atoms with Crippen LogP contribution in [0, 0.1) is 5.82 Å². The Labute approximate surface area is 149 Å². The van der Waals surface area contributed by atoms with Crippen LogP contribution in [0.2, 0.25) is 0 Å². The van der Waals surface area contributed by atoms with E-state index in [0.29, 0.717) is 35.4 Å². The number of para-hydroxylation sites is 2. The molecule has 0 spiro atoms. The van der Waals surface area contributed by atoms with Crippen molar-refractivity contribution < 1.29 is 13.9 Å². The third-order valence-corrected chi connectivity index (χ3v) is 4.21. The Bertz CT molecular complexity index is 957. The number of morpholine rings is 1. The molecule has 1 amide bonds. The van der Waals surface area contributed by atoms with Gasteiger partial charge in [-0.3, -0.25) is 9.78 Å². The SMILES string of the molecule is O=C(Nc1ccc(C2CNCCO2)c(F)c1)c1cnc2ccccc2n1. The summed E-state index contributed by atoms with van der Waals surface area (Å²) in [7, 11) is 0. The van der Waals surface area contributed by atoms with Gasteiger partial charge in [0.25, 0.3) is 5.91 Å². The first-order chi connectivity index (χ1) is 12.7. The van der Waals surface area contributed by atoms with Crippen molar-refractivity contribution in [2.24, 2.45) is 0 Å². The van der Waals surface area contributed by atoms with Crippen LogP contribution in [-0.2, 0) is 4.74 Å². The molecule has 1 fully saturated rings. The maximum absolute atomic E-state index is 14.4. The van der Waals surface area contributed by atoms with Gasteiger partial charge >= 0.3 is 0 Å². The summed E-state index contributed by atoms with van der Waals surface area (Å²) in [4.78, 5) is 20.9. The van der Waals surface area contributed by atoms with Gasteiger partial charge < -0.3 is 15.4 Å². The molecule has 0 radical (unpaired) electrons. The van der Waals surface area contributed by atoms with E-state index in [-0.39, 0.29) is 11.8 Å². The van der Waals surface area contributed by atoms with E-state index in [1.807, 2.05) is 18.2 Å². The van der Waals surface area contributed by atoms with Crippen LogP contribution in [0.4, 0.5) is 10.1 Å². The first-order valence-corrected chi connectivity index (χ1v) is 8.35. The first-order valence-electron chi connectivity index (χ1n) is 8.35. The van der Waals surface area contributed by atoms with Crippen LogP contribution in [-0.4, -0.2) is 35.6 Å². The number of halogens is 1. The number of carbonyl (C=O) groups excluding carboxylic acids is 1. The fourth-order valence-electron chi connectivity index (χ4n) is 2.89. The summed E-state index contributed by atoms with van der Waals surface area (Å²) in [6.45, 7) is 1.87. The Hall–Kier alpha value is -2.90. The number of anilines is 1. The van der Waals surface area contributed by atoms with Crippen LogP contribution in [0.15, 0.2) is 48.7 Å². The third kappa shape index (κ3) is 3.40. The molecule has 0 bridgehead atoms. The van der Waals surface area contributed by atoms with E-state index in [0.717, 1.165) is 6.54 Å². The van der Waals surface area contributed by atoms with Gasteiger partial charge in [-0.15, -0.1) is 0 Å². The number of carbonyl (C=O) groups is 1. The Morgan fingerprint density at radius 2 is 2.08 bits per heavy atom. The molecule has 132 valence electrons. The number of nitrogens with zero attached hydrogens (tertiary/aromatic N) is 2. The second-order valence-corrected chi connectivity index (χ2v) is 6.00. The van der Waals surface area contributed by atoms with Gasteiger partial charge in [-0.1, -0.05) is 18.2 Å². The molecule has 2 N–H and O–H groups in total. The highest BCUT2D eigenvalue weighted by molar-refractivity contribution is 6.03. The number of ether oxygens (including phenoxy) is 1. The van der Waals surface area contributed by atoms with E-state index in [1.165, 1.54) is 12.3 Å². The van der Waals surface area contributed by atoms with Gasteiger partial charge in [0, 0.05) is 24.3 Å². The van der Waals surface area contributed by atoms with Crippen LogP contribution in [0.3, 0.4) is 0 Å². The Morgan fingerprint density at radius 1 is 1.23 bits per heavy atom. The van der Waals surface area contributed by atoms with Crippen LogP contribution in [0.5, 0.6) is 0 Å². The van der Waals surface area contributed by atoms with Crippen molar-refractivity contribution in [3.63, 3.8) is 0 Å². The third-order valence-electron chi connectivity index (χ3n) is 4.21. The molecular weight excluding hydrogens is 335 g/mol. The number of hydrogen-bond acceptors (Lipinski definition) is 5. The zero-order chi connectivity index (χ0) is 17.9. The van der Waals surface area contributed by atoms with Crippen LogP contribution < -0.4 is 10.6 Å². The molecule has 6 nitrogen and oxygen atoms in total. The molecule has 2 heterocycles. The highest BCUT2D eigenvalue weighted by atomic mass is 19.1. The molecule has 0 aliphatic carbocycles. The quantitative estimate of drug-likeness (QED) is 0.758. The monoisotopic (exact) mass is 352 g/mol. The van der Waals surface area contributed by atoms with Crippen LogP contribution in [0.25, 0.3) is 11.0 Å². The van der Waals surface area contributed by atoms with Crippen LogP contribution >= 0.6 is 0 Å². The number of hydrogen-bond donors (Lipinski definition) is 2. The lowest BCUT2D eigenvalue weighted by Gasteiger charge is -2.24. The average molecular weight is 352 g/mol. The van der Waals surface area contributed by atoms with Gasteiger partial charge in [0.15, 0.2) is 0 Å². The summed E-state index contributed by atoms with van der Waals surface area (Å²) in [6.07, 6.45) is 1.09. The number of fused-ring (bicyclic) bond motifs is 1. The maximum Gasteiger partial charge on any atom is 0.275 e. The molecule has 1 aromatic heterocycles. The number of amides is 1. The molecule has 3 aromatic rings. The molecule has 1 saturated heterocycles. The maximum atomic E-state index is 14.4. The van der Waals surface area contributed by atoms with E-state index in [1.54, 1.807) is 18.2 Å². The lowest BCUT2D eigenvalue weighted by Crippen LogP contribution is -2.33. The van der Waals surface area contributed by atoms with Crippen molar-refractivity contribution in [2.75, 3.05) is 25.0 Å². The van der Waals surface area contributed by atoms with Crippen molar-refractivity contribution in [1.29, 1.82) is 0 Å². The van der Waals surface area contributed by atoms with E-state index >= 15 is 0 Å². The highest BCUT2D eigenvalue weighted by Crippen LogP contribution is 2.24. The Balaban J connectivity index is 1.52. The fourth-order valence-corrected chi connectivity index (χ4v) is 2.89. The largest absolute Gasteiger partial charge is 0.371 e. The molecule has 7 heteroatoms. The van der Waals surface area contributed by atoms with E-state index in [9.17, 15) is 9.18 Å². The van der Waals surface area contributed by atoms with Crippen molar-refractivity contribution in [1.82, 2.24) is 15.3 Å². The zero-order valence-electron chi connectivity index (χ0n) is 13.9. The topological polar surface area (TPSA) is 76.1 Å². The van der Waals surface area contributed by atoms with E-state index in [4.69, 9.17) is 4.74 Å². The zero-order valence-corrected chi connectivity index (χ0v) is 13.9. The van der Waals surface area contributed by atoms with E-state index < -0.39 is 11.7 Å². The molecule has 1 aliphatic rings. The summed E-state index contributed by atoms with van der Waals surface area (Å²) < 4.78 is 20.0. The summed E-state index contributed by atoms with van der Waals surface area (Å²) in [5.74, 6) is -0.855. The normalized spacial score (nSPS) is 17.2.